The van der Waals surface area contributed by atoms with E-state index in [4.69, 9.17) is 0 Å². The zero-order valence-electron chi connectivity index (χ0n) is 7.87. The molecule has 1 heterocycles. The van der Waals surface area contributed by atoms with Gasteiger partial charge in [0.25, 0.3) is 5.91 Å². The van der Waals surface area contributed by atoms with Crippen LogP contribution < -0.4 is 5.32 Å². The highest BCUT2D eigenvalue weighted by molar-refractivity contribution is 14.1. The molecular formula is C10H9IN2O2. The van der Waals surface area contributed by atoms with Crippen LogP contribution in [0.1, 0.15) is 10.4 Å². The summed E-state index contributed by atoms with van der Waals surface area (Å²) in [6, 6.07) is 6.93. The van der Waals surface area contributed by atoms with Crippen LogP contribution in [-0.4, -0.2) is 29.9 Å². The third-order valence-electron chi connectivity index (χ3n) is 2.21. The summed E-state index contributed by atoms with van der Waals surface area (Å²) in [7, 11) is 0. The van der Waals surface area contributed by atoms with Gasteiger partial charge >= 0.3 is 6.03 Å². The molecule has 1 aromatic carbocycles. The number of urea groups is 1. The molecule has 0 atom stereocenters. The Bertz CT molecular complexity index is 420. The molecule has 0 bridgehead atoms. The number of carbonyl (C=O) groups is 2. The predicted octanol–water partition coefficient (Wildman–Crippen LogP) is 1.46. The van der Waals surface area contributed by atoms with Gasteiger partial charge in [0, 0.05) is 16.7 Å². The second-order valence-electron chi connectivity index (χ2n) is 3.17. The number of hydrogen-bond acceptors (Lipinski definition) is 2. The van der Waals surface area contributed by atoms with Gasteiger partial charge in [-0.2, -0.15) is 0 Å². The zero-order chi connectivity index (χ0) is 10.8. The topological polar surface area (TPSA) is 49.4 Å². The van der Waals surface area contributed by atoms with Gasteiger partial charge in [0.15, 0.2) is 0 Å². The van der Waals surface area contributed by atoms with Crippen molar-refractivity contribution in [2.24, 2.45) is 0 Å². The van der Waals surface area contributed by atoms with E-state index in [0.29, 0.717) is 18.7 Å². The maximum absolute atomic E-state index is 11.9. The summed E-state index contributed by atoms with van der Waals surface area (Å²) < 4.78 is 0.861. The minimum absolute atomic E-state index is 0.227. The number of benzene rings is 1. The molecule has 3 amide bonds. The molecule has 78 valence electrons. The van der Waals surface area contributed by atoms with E-state index in [1.807, 2.05) is 12.1 Å². The summed E-state index contributed by atoms with van der Waals surface area (Å²) >= 11 is 2.09. The van der Waals surface area contributed by atoms with Crippen molar-refractivity contribution in [3.8, 4) is 0 Å². The number of carbonyl (C=O) groups excluding carboxylic acids is 2. The van der Waals surface area contributed by atoms with E-state index in [1.165, 1.54) is 4.90 Å². The normalized spacial score (nSPS) is 15.3. The largest absolute Gasteiger partial charge is 0.336 e. The summed E-state index contributed by atoms with van der Waals surface area (Å²) in [6.07, 6.45) is 0. The van der Waals surface area contributed by atoms with E-state index < -0.39 is 0 Å². The molecule has 15 heavy (non-hydrogen) atoms. The van der Waals surface area contributed by atoms with Gasteiger partial charge in [-0.3, -0.25) is 9.69 Å². The van der Waals surface area contributed by atoms with Crippen LogP contribution in [0.2, 0.25) is 0 Å². The molecule has 1 N–H and O–H groups in total. The van der Waals surface area contributed by atoms with Gasteiger partial charge in [0.05, 0.1) is 5.56 Å². The zero-order valence-corrected chi connectivity index (χ0v) is 10.0. The maximum Gasteiger partial charge on any atom is 0.324 e. The van der Waals surface area contributed by atoms with Gasteiger partial charge < -0.3 is 5.32 Å². The van der Waals surface area contributed by atoms with Crippen LogP contribution in [0, 0.1) is 3.57 Å². The number of halogens is 1. The van der Waals surface area contributed by atoms with E-state index in [-0.39, 0.29) is 11.9 Å². The summed E-state index contributed by atoms with van der Waals surface area (Å²) in [6.45, 7) is 0.983. The molecule has 0 aromatic heterocycles. The fraction of sp³-hybridized carbons (Fsp3) is 0.200. The lowest BCUT2D eigenvalue weighted by Gasteiger charge is -2.12. The summed E-state index contributed by atoms with van der Waals surface area (Å²) in [5.74, 6) is -0.227. The molecule has 0 radical (unpaired) electrons. The second kappa shape index (κ2) is 4.18. The summed E-state index contributed by atoms with van der Waals surface area (Å²) in [5.41, 5.74) is 0.579. The molecular weight excluding hydrogens is 307 g/mol. The van der Waals surface area contributed by atoms with E-state index in [1.54, 1.807) is 12.1 Å². The second-order valence-corrected chi connectivity index (χ2v) is 4.33. The predicted molar refractivity (Wildman–Crippen MR) is 63.6 cm³/mol. The lowest BCUT2D eigenvalue weighted by atomic mass is 10.2. The standard InChI is InChI=1S/C10H9IN2O2/c11-8-4-2-1-3-7(8)9(14)13-6-5-12-10(13)15/h1-4H,5-6H2,(H,12,15). The van der Waals surface area contributed by atoms with Crippen LogP contribution >= 0.6 is 22.6 Å². The highest BCUT2D eigenvalue weighted by atomic mass is 127. The number of imide groups is 1. The van der Waals surface area contributed by atoms with Crippen LogP contribution in [0.25, 0.3) is 0 Å². The van der Waals surface area contributed by atoms with Crippen molar-refractivity contribution < 1.29 is 9.59 Å². The number of hydrogen-bond donors (Lipinski definition) is 1. The Balaban J connectivity index is 2.28. The first-order valence-corrected chi connectivity index (χ1v) is 5.62. The lowest BCUT2D eigenvalue weighted by molar-refractivity contribution is 0.0828. The van der Waals surface area contributed by atoms with Crippen molar-refractivity contribution in [1.82, 2.24) is 10.2 Å². The Hall–Kier alpha value is -1.11. The minimum atomic E-state index is -0.306. The van der Waals surface area contributed by atoms with E-state index >= 15 is 0 Å². The Kier molecular flexibility index (Phi) is 2.90. The van der Waals surface area contributed by atoms with Crippen LogP contribution in [0.4, 0.5) is 4.79 Å². The van der Waals surface area contributed by atoms with Gasteiger partial charge in [-0.1, -0.05) is 12.1 Å². The Labute approximate surface area is 101 Å². The number of nitrogens with zero attached hydrogens (tertiary/aromatic N) is 1. The molecule has 1 fully saturated rings. The van der Waals surface area contributed by atoms with E-state index in [2.05, 4.69) is 27.9 Å². The van der Waals surface area contributed by atoms with Gasteiger partial charge in [-0.05, 0) is 34.7 Å². The molecule has 5 heteroatoms. The molecule has 2 rings (SSSR count). The third kappa shape index (κ3) is 1.97. The molecule has 0 saturated carbocycles. The molecule has 1 aliphatic heterocycles. The molecule has 1 saturated heterocycles. The Morgan fingerprint density at radius 1 is 1.40 bits per heavy atom. The van der Waals surface area contributed by atoms with Crippen molar-refractivity contribution in [1.29, 1.82) is 0 Å². The SMILES string of the molecule is O=C1NCCN1C(=O)c1ccccc1I. The van der Waals surface area contributed by atoms with Crippen molar-refractivity contribution in [2.45, 2.75) is 0 Å². The number of rotatable bonds is 1. The first kappa shape index (κ1) is 10.4. The van der Waals surface area contributed by atoms with Crippen LogP contribution in [-0.2, 0) is 0 Å². The summed E-state index contributed by atoms with van der Waals surface area (Å²) in [5, 5.41) is 2.60. The number of amides is 3. The smallest absolute Gasteiger partial charge is 0.324 e. The van der Waals surface area contributed by atoms with Crippen molar-refractivity contribution >= 4 is 34.5 Å². The Morgan fingerprint density at radius 2 is 2.13 bits per heavy atom. The lowest BCUT2D eigenvalue weighted by Crippen LogP contribution is -2.34. The van der Waals surface area contributed by atoms with Crippen molar-refractivity contribution in [3.05, 3.63) is 33.4 Å². The highest BCUT2D eigenvalue weighted by Crippen LogP contribution is 2.14. The first-order chi connectivity index (χ1) is 7.20. The maximum atomic E-state index is 11.9. The average molecular weight is 316 g/mol. The van der Waals surface area contributed by atoms with E-state index in [0.717, 1.165) is 3.57 Å². The monoisotopic (exact) mass is 316 g/mol. The molecule has 1 aliphatic rings. The van der Waals surface area contributed by atoms with Gasteiger partial charge in [-0.15, -0.1) is 0 Å². The van der Waals surface area contributed by atoms with Gasteiger partial charge in [0.2, 0.25) is 0 Å². The molecule has 0 aliphatic carbocycles. The first-order valence-electron chi connectivity index (χ1n) is 4.54. The molecule has 4 nitrogen and oxygen atoms in total. The fourth-order valence-corrected chi connectivity index (χ4v) is 2.06. The van der Waals surface area contributed by atoms with Crippen LogP contribution in [0.3, 0.4) is 0 Å². The van der Waals surface area contributed by atoms with Gasteiger partial charge in [-0.25, -0.2) is 4.79 Å². The minimum Gasteiger partial charge on any atom is -0.336 e. The van der Waals surface area contributed by atoms with Crippen molar-refractivity contribution in [3.63, 3.8) is 0 Å². The van der Waals surface area contributed by atoms with Crippen LogP contribution in [0.15, 0.2) is 24.3 Å². The van der Waals surface area contributed by atoms with Gasteiger partial charge in [0.1, 0.15) is 0 Å². The van der Waals surface area contributed by atoms with E-state index in [9.17, 15) is 9.59 Å². The summed E-state index contributed by atoms with van der Waals surface area (Å²) in [4.78, 5) is 24.5. The van der Waals surface area contributed by atoms with Crippen molar-refractivity contribution in [2.75, 3.05) is 13.1 Å². The molecule has 0 spiro atoms. The number of nitrogens with one attached hydrogen (secondary N) is 1. The molecule has 0 unspecified atom stereocenters. The third-order valence-corrected chi connectivity index (χ3v) is 3.15. The average Bonchev–Trinajstić information content (AvgIpc) is 2.64. The fourth-order valence-electron chi connectivity index (χ4n) is 1.45. The van der Waals surface area contributed by atoms with Crippen LogP contribution in [0.5, 0.6) is 0 Å². The highest BCUT2D eigenvalue weighted by Gasteiger charge is 2.27. The molecule has 1 aromatic rings. The quantitative estimate of drug-likeness (QED) is 0.798. The Morgan fingerprint density at radius 3 is 2.73 bits per heavy atom.